The van der Waals surface area contributed by atoms with Crippen molar-refractivity contribution in [2.75, 3.05) is 0 Å². The van der Waals surface area contributed by atoms with E-state index in [1.807, 2.05) is 0 Å². The molecule has 0 aromatic heterocycles. The average molecular weight is 274 g/mol. The van der Waals surface area contributed by atoms with Crippen LogP contribution in [0, 0.1) is 0 Å². The molecule has 5 heteroatoms. The van der Waals surface area contributed by atoms with Gasteiger partial charge in [-0.1, -0.05) is 36.4 Å². The highest BCUT2D eigenvalue weighted by Gasteiger charge is 2.41. The molecule has 0 fully saturated rings. The summed E-state index contributed by atoms with van der Waals surface area (Å²) < 4.78 is 43.2. The highest BCUT2D eigenvalue weighted by Crippen LogP contribution is 2.27. The van der Waals surface area contributed by atoms with Crippen LogP contribution in [0.25, 0.3) is 0 Å². The van der Waals surface area contributed by atoms with Crippen LogP contribution in [0.4, 0.5) is 13.2 Å². The van der Waals surface area contributed by atoms with Crippen LogP contribution in [0.1, 0.15) is 18.4 Å². The SMILES string of the molecule is C=CC[C@H](O)C[C@@H](OCc1ccccc1)C(F)(F)F. The summed E-state index contributed by atoms with van der Waals surface area (Å²) in [5, 5.41) is 9.43. The minimum atomic E-state index is -4.49. The Morgan fingerprint density at radius 2 is 1.89 bits per heavy atom. The fourth-order valence-electron chi connectivity index (χ4n) is 1.60. The number of ether oxygens (including phenoxy) is 1. The van der Waals surface area contributed by atoms with Crippen LogP contribution in [-0.4, -0.2) is 23.5 Å². The first-order chi connectivity index (χ1) is 8.93. The quantitative estimate of drug-likeness (QED) is 0.771. The second kappa shape index (κ2) is 7.31. The molecule has 1 aromatic rings. The molecule has 0 amide bonds. The van der Waals surface area contributed by atoms with E-state index < -0.39 is 24.8 Å². The number of benzene rings is 1. The second-order valence-electron chi connectivity index (χ2n) is 4.24. The van der Waals surface area contributed by atoms with Crippen molar-refractivity contribution in [3.05, 3.63) is 48.6 Å². The minimum Gasteiger partial charge on any atom is -0.393 e. The Morgan fingerprint density at radius 3 is 2.42 bits per heavy atom. The molecule has 1 aromatic carbocycles. The van der Waals surface area contributed by atoms with Crippen LogP contribution in [0.15, 0.2) is 43.0 Å². The molecule has 0 radical (unpaired) electrons. The first kappa shape index (κ1) is 15.7. The first-order valence-corrected chi connectivity index (χ1v) is 5.94. The predicted molar refractivity (Wildman–Crippen MR) is 66.5 cm³/mol. The summed E-state index contributed by atoms with van der Waals surface area (Å²) >= 11 is 0. The summed E-state index contributed by atoms with van der Waals surface area (Å²) in [6.07, 6.45) is -6.54. The van der Waals surface area contributed by atoms with E-state index in [1.54, 1.807) is 30.3 Å². The van der Waals surface area contributed by atoms with Gasteiger partial charge in [0.25, 0.3) is 0 Å². The fraction of sp³-hybridized carbons (Fsp3) is 0.429. The highest BCUT2D eigenvalue weighted by molar-refractivity contribution is 5.13. The maximum absolute atomic E-state index is 12.8. The molecule has 0 saturated carbocycles. The molecule has 0 unspecified atom stereocenters. The molecular formula is C14H17F3O2. The standard InChI is InChI=1S/C14H17F3O2/c1-2-6-12(18)9-13(14(15,16)17)19-10-11-7-4-3-5-8-11/h2-5,7-8,12-13,18H,1,6,9-10H2/t12-,13+/m0/s1. The molecular weight excluding hydrogens is 257 g/mol. The maximum atomic E-state index is 12.8. The van der Waals surface area contributed by atoms with Gasteiger partial charge in [-0.05, 0) is 12.0 Å². The van der Waals surface area contributed by atoms with E-state index in [1.165, 1.54) is 6.08 Å². The number of rotatable bonds is 7. The third-order valence-electron chi connectivity index (χ3n) is 2.58. The largest absolute Gasteiger partial charge is 0.414 e. The number of alkyl halides is 3. The predicted octanol–water partition coefficient (Wildman–Crippen LogP) is 3.46. The van der Waals surface area contributed by atoms with Gasteiger partial charge in [-0.2, -0.15) is 13.2 Å². The lowest BCUT2D eigenvalue weighted by molar-refractivity contribution is -0.230. The van der Waals surface area contributed by atoms with Gasteiger partial charge in [0.1, 0.15) is 0 Å². The van der Waals surface area contributed by atoms with Gasteiger partial charge in [0.2, 0.25) is 0 Å². The lowest BCUT2D eigenvalue weighted by atomic mass is 10.1. The van der Waals surface area contributed by atoms with Crippen LogP contribution in [0.3, 0.4) is 0 Å². The molecule has 2 atom stereocenters. The summed E-state index contributed by atoms with van der Waals surface area (Å²) in [5.41, 5.74) is 0.662. The van der Waals surface area contributed by atoms with E-state index in [9.17, 15) is 18.3 Å². The number of hydrogen-bond donors (Lipinski definition) is 1. The maximum Gasteiger partial charge on any atom is 0.414 e. The molecule has 1 rings (SSSR count). The van der Waals surface area contributed by atoms with Crippen LogP contribution in [-0.2, 0) is 11.3 Å². The average Bonchev–Trinajstić information content (AvgIpc) is 2.34. The van der Waals surface area contributed by atoms with Crippen molar-refractivity contribution >= 4 is 0 Å². The summed E-state index contributed by atoms with van der Waals surface area (Å²) in [6.45, 7) is 3.25. The smallest absolute Gasteiger partial charge is 0.393 e. The zero-order valence-electron chi connectivity index (χ0n) is 10.4. The molecule has 1 N–H and O–H groups in total. The van der Waals surface area contributed by atoms with Gasteiger partial charge in [-0.25, -0.2) is 0 Å². The van der Waals surface area contributed by atoms with Gasteiger partial charge in [0, 0.05) is 6.42 Å². The van der Waals surface area contributed by atoms with Crippen molar-refractivity contribution < 1.29 is 23.0 Å². The lowest BCUT2D eigenvalue weighted by Crippen LogP contribution is -2.35. The molecule has 2 nitrogen and oxygen atoms in total. The molecule has 0 saturated heterocycles. The molecule has 0 heterocycles. The van der Waals surface area contributed by atoms with Gasteiger partial charge in [0.05, 0.1) is 12.7 Å². The Hall–Kier alpha value is -1.33. The summed E-state index contributed by atoms with van der Waals surface area (Å²) in [5.74, 6) is 0. The fourth-order valence-corrected chi connectivity index (χ4v) is 1.60. The first-order valence-electron chi connectivity index (χ1n) is 5.94. The van der Waals surface area contributed by atoms with Gasteiger partial charge in [-0.15, -0.1) is 6.58 Å². The van der Waals surface area contributed by atoms with E-state index in [0.717, 1.165) is 0 Å². The van der Waals surface area contributed by atoms with Crippen molar-refractivity contribution in [1.29, 1.82) is 0 Å². The summed E-state index contributed by atoms with van der Waals surface area (Å²) in [7, 11) is 0. The Bertz CT molecular complexity index is 376. The highest BCUT2D eigenvalue weighted by atomic mass is 19.4. The van der Waals surface area contributed by atoms with Crippen molar-refractivity contribution in [2.45, 2.75) is 37.8 Å². The molecule has 0 aliphatic rings. The third kappa shape index (κ3) is 5.89. The van der Waals surface area contributed by atoms with E-state index in [-0.39, 0.29) is 13.0 Å². The normalized spacial score (nSPS) is 14.9. The van der Waals surface area contributed by atoms with Crippen LogP contribution in [0.5, 0.6) is 0 Å². The van der Waals surface area contributed by atoms with Crippen LogP contribution in [0.2, 0.25) is 0 Å². The number of hydrogen-bond acceptors (Lipinski definition) is 2. The van der Waals surface area contributed by atoms with E-state index >= 15 is 0 Å². The zero-order chi connectivity index (χ0) is 14.3. The topological polar surface area (TPSA) is 29.5 Å². The number of aliphatic hydroxyl groups excluding tert-OH is 1. The number of aliphatic hydroxyl groups is 1. The van der Waals surface area contributed by atoms with E-state index in [4.69, 9.17) is 4.74 Å². The number of halogens is 3. The van der Waals surface area contributed by atoms with Gasteiger partial charge in [-0.3, -0.25) is 0 Å². The van der Waals surface area contributed by atoms with Gasteiger partial charge < -0.3 is 9.84 Å². The Morgan fingerprint density at radius 1 is 1.26 bits per heavy atom. The van der Waals surface area contributed by atoms with Crippen molar-refractivity contribution in [2.24, 2.45) is 0 Å². The lowest BCUT2D eigenvalue weighted by Gasteiger charge is -2.23. The van der Waals surface area contributed by atoms with E-state index in [0.29, 0.717) is 5.56 Å². The van der Waals surface area contributed by atoms with Crippen molar-refractivity contribution in [3.8, 4) is 0 Å². The third-order valence-corrected chi connectivity index (χ3v) is 2.58. The molecule has 0 aliphatic carbocycles. The Kier molecular flexibility index (Phi) is 6.05. The minimum absolute atomic E-state index is 0.112. The van der Waals surface area contributed by atoms with Crippen molar-refractivity contribution in [3.63, 3.8) is 0 Å². The molecule has 19 heavy (non-hydrogen) atoms. The molecule has 0 aliphatic heterocycles. The Labute approximate surface area is 110 Å². The summed E-state index contributed by atoms with van der Waals surface area (Å²) in [4.78, 5) is 0. The monoisotopic (exact) mass is 274 g/mol. The second-order valence-corrected chi connectivity index (χ2v) is 4.24. The van der Waals surface area contributed by atoms with Gasteiger partial charge in [0.15, 0.2) is 6.10 Å². The molecule has 0 spiro atoms. The van der Waals surface area contributed by atoms with Crippen molar-refractivity contribution in [1.82, 2.24) is 0 Å². The molecule has 0 bridgehead atoms. The zero-order valence-corrected chi connectivity index (χ0v) is 10.4. The van der Waals surface area contributed by atoms with Gasteiger partial charge >= 0.3 is 6.18 Å². The van der Waals surface area contributed by atoms with E-state index in [2.05, 4.69) is 6.58 Å². The van der Waals surface area contributed by atoms with Crippen LogP contribution < -0.4 is 0 Å². The Balaban J connectivity index is 2.58. The molecule has 106 valence electrons. The summed E-state index contributed by atoms with van der Waals surface area (Å²) in [6, 6.07) is 8.61. The van der Waals surface area contributed by atoms with Crippen LogP contribution >= 0.6 is 0 Å².